The third-order valence-corrected chi connectivity index (χ3v) is 3.50. The fourth-order valence-corrected chi connectivity index (χ4v) is 3.09. The summed E-state index contributed by atoms with van der Waals surface area (Å²) in [5.41, 5.74) is 1.18. The van der Waals surface area contributed by atoms with Crippen LogP contribution in [0.1, 0.15) is 26.7 Å². The Hall–Kier alpha value is 0.270. The van der Waals surface area contributed by atoms with Gasteiger partial charge in [-0.2, -0.15) is 0 Å². The van der Waals surface area contributed by atoms with E-state index in [1.165, 1.54) is 22.9 Å². The van der Waals surface area contributed by atoms with Gasteiger partial charge in [0, 0.05) is 0 Å². The van der Waals surface area contributed by atoms with Crippen molar-refractivity contribution in [2.45, 2.75) is 31.2 Å². The molecule has 0 aliphatic carbocycles. The number of unbranched alkanes of at least 4 members (excludes halogenated alkanes) is 1. The van der Waals surface area contributed by atoms with Crippen LogP contribution in [0.15, 0.2) is 22.4 Å². The van der Waals surface area contributed by atoms with Crippen molar-refractivity contribution < 1.29 is 0 Å². The van der Waals surface area contributed by atoms with Crippen LogP contribution < -0.4 is 0 Å². The molecule has 0 amide bonds. The summed E-state index contributed by atoms with van der Waals surface area (Å²) in [6.45, 7) is 8.10. The van der Waals surface area contributed by atoms with E-state index < -0.39 is 0 Å². The molecule has 0 rings (SSSR count). The van der Waals surface area contributed by atoms with E-state index in [4.69, 9.17) is 0 Å². The third kappa shape index (κ3) is 8.27. The summed E-state index contributed by atoms with van der Waals surface area (Å²) in [6.07, 6.45) is 4.90. The third-order valence-electron chi connectivity index (χ3n) is 1.06. The van der Waals surface area contributed by atoms with Crippen LogP contribution in [0.5, 0.6) is 0 Å². The van der Waals surface area contributed by atoms with E-state index in [9.17, 15) is 0 Å². The minimum absolute atomic E-state index is 0.186. The predicted molar refractivity (Wildman–Crippen MR) is 49.4 cm³/mol. The summed E-state index contributed by atoms with van der Waals surface area (Å²) >= 11 is 0.186. The van der Waals surface area contributed by atoms with Crippen LogP contribution in [0.2, 0.25) is 4.47 Å². The van der Waals surface area contributed by atoms with Gasteiger partial charge in [-0.3, -0.25) is 0 Å². The Kier molecular flexibility index (Phi) is 7.58. The monoisotopic (exact) mass is 254 g/mol. The number of allylic oxidation sites excluding steroid dienone is 2. The fourth-order valence-electron chi connectivity index (χ4n) is 0.460. The van der Waals surface area contributed by atoms with E-state index in [1.54, 1.807) is 0 Å². The quantitative estimate of drug-likeness (QED) is 0.400. The molecule has 0 radical (unpaired) electrons. The first-order valence-corrected chi connectivity index (χ1v) is 6.70. The second-order valence-electron chi connectivity index (χ2n) is 2.37. The van der Waals surface area contributed by atoms with Crippen LogP contribution in [0.25, 0.3) is 0 Å². The summed E-state index contributed by atoms with van der Waals surface area (Å²) < 4.78 is 3.79. The summed E-state index contributed by atoms with van der Waals surface area (Å²) in [5.74, 6) is 0. The average Bonchev–Trinajstić information content (AvgIpc) is 1.87. The van der Waals surface area contributed by atoms with Crippen LogP contribution in [0.3, 0.4) is 0 Å². The van der Waals surface area contributed by atoms with Gasteiger partial charge in [-0.15, -0.1) is 0 Å². The zero-order valence-electron chi connectivity index (χ0n) is 6.89. The molecule has 0 aromatic carbocycles. The molecule has 0 aromatic rings. The van der Waals surface area contributed by atoms with Crippen molar-refractivity contribution >= 4 is 20.9 Å². The van der Waals surface area contributed by atoms with E-state index in [1.807, 2.05) is 6.92 Å². The van der Waals surface area contributed by atoms with E-state index in [-0.39, 0.29) is 20.9 Å². The molecule has 10 heavy (non-hydrogen) atoms. The van der Waals surface area contributed by atoms with Crippen molar-refractivity contribution in [2.24, 2.45) is 0 Å². The molecule has 58 valence electrons. The molecule has 0 aliphatic heterocycles. The second-order valence-corrected chi connectivity index (χ2v) is 5.27. The number of hydrogen-bond donors (Lipinski definition) is 0. The molecule has 0 atom stereocenters. The Balaban J connectivity index is 3.10. The molecule has 0 heterocycles. The van der Waals surface area contributed by atoms with Crippen molar-refractivity contribution in [3.05, 3.63) is 22.4 Å². The first-order valence-electron chi connectivity index (χ1n) is 3.71. The van der Waals surface area contributed by atoms with Crippen molar-refractivity contribution in [2.75, 3.05) is 0 Å². The Bertz CT molecular complexity index is 114. The maximum atomic E-state index is 3.81. The predicted octanol–water partition coefficient (Wildman–Crippen LogP) is 3.00. The standard InChI is InChI=1S/C9H16Te/c1-4-5-7-10-8-6-9(2)3/h6,8H,2,4-5,7H2,1,3H3/b8-6-. The first kappa shape index (κ1) is 10.3. The van der Waals surface area contributed by atoms with Gasteiger partial charge in [0.25, 0.3) is 0 Å². The van der Waals surface area contributed by atoms with E-state index in [0.29, 0.717) is 0 Å². The van der Waals surface area contributed by atoms with Crippen LogP contribution in [0.4, 0.5) is 0 Å². The van der Waals surface area contributed by atoms with E-state index in [2.05, 4.69) is 23.7 Å². The van der Waals surface area contributed by atoms with E-state index >= 15 is 0 Å². The molecule has 0 aliphatic rings. The Morgan fingerprint density at radius 1 is 1.60 bits per heavy atom. The molecule has 0 N–H and O–H groups in total. The molecule has 0 nitrogen and oxygen atoms in total. The van der Waals surface area contributed by atoms with Crippen molar-refractivity contribution in [1.29, 1.82) is 0 Å². The van der Waals surface area contributed by atoms with Gasteiger partial charge in [0.1, 0.15) is 0 Å². The summed E-state index contributed by atoms with van der Waals surface area (Å²) in [6, 6.07) is 0. The van der Waals surface area contributed by atoms with Gasteiger partial charge in [0.05, 0.1) is 0 Å². The van der Waals surface area contributed by atoms with Gasteiger partial charge in [-0.25, -0.2) is 0 Å². The average molecular weight is 252 g/mol. The van der Waals surface area contributed by atoms with Gasteiger partial charge in [0.2, 0.25) is 0 Å². The van der Waals surface area contributed by atoms with Gasteiger partial charge in [-0.05, 0) is 0 Å². The normalized spacial score (nSPS) is 10.6. The topological polar surface area (TPSA) is 0 Å². The van der Waals surface area contributed by atoms with Crippen LogP contribution in [0, 0.1) is 0 Å². The first-order chi connectivity index (χ1) is 4.77. The van der Waals surface area contributed by atoms with Gasteiger partial charge >= 0.3 is 74.4 Å². The number of rotatable bonds is 5. The molecule has 0 bridgehead atoms. The summed E-state index contributed by atoms with van der Waals surface area (Å²) in [4.78, 5) is 0. The molecular weight excluding hydrogens is 236 g/mol. The fraction of sp³-hybridized carbons (Fsp3) is 0.556. The van der Waals surface area contributed by atoms with Gasteiger partial charge in [-0.1, -0.05) is 0 Å². The zero-order valence-corrected chi connectivity index (χ0v) is 9.22. The molecule has 0 spiro atoms. The van der Waals surface area contributed by atoms with Crippen LogP contribution in [-0.4, -0.2) is 20.9 Å². The molecule has 0 unspecified atom stereocenters. The number of hydrogen-bond acceptors (Lipinski definition) is 0. The Morgan fingerprint density at radius 3 is 2.80 bits per heavy atom. The molecule has 0 saturated carbocycles. The van der Waals surface area contributed by atoms with Crippen LogP contribution in [-0.2, 0) is 0 Å². The van der Waals surface area contributed by atoms with Crippen molar-refractivity contribution in [3.63, 3.8) is 0 Å². The summed E-state index contributed by atoms with van der Waals surface area (Å²) in [7, 11) is 0. The van der Waals surface area contributed by atoms with Gasteiger partial charge in [0.15, 0.2) is 0 Å². The molecule has 0 saturated heterocycles. The minimum atomic E-state index is 0.186. The van der Waals surface area contributed by atoms with Crippen LogP contribution >= 0.6 is 0 Å². The van der Waals surface area contributed by atoms with Crippen molar-refractivity contribution in [3.8, 4) is 0 Å². The zero-order chi connectivity index (χ0) is 7.82. The Labute approximate surface area is 74.5 Å². The van der Waals surface area contributed by atoms with E-state index in [0.717, 1.165) is 0 Å². The SMILES string of the molecule is C=C(C)/C=C\[Te]CCCC. The second kappa shape index (κ2) is 7.38. The molecule has 0 aromatic heterocycles. The molecule has 1 heteroatoms. The Morgan fingerprint density at radius 2 is 2.30 bits per heavy atom. The molecular formula is C9H16Te. The van der Waals surface area contributed by atoms with Crippen molar-refractivity contribution in [1.82, 2.24) is 0 Å². The molecule has 0 fully saturated rings. The maximum absolute atomic E-state index is 3.81. The van der Waals surface area contributed by atoms with Gasteiger partial charge < -0.3 is 0 Å². The summed E-state index contributed by atoms with van der Waals surface area (Å²) in [5, 5.41) is 0.